The van der Waals surface area contributed by atoms with Crippen LogP contribution < -0.4 is 21.5 Å². The van der Waals surface area contributed by atoms with E-state index in [-0.39, 0.29) is 17.0 Å². The number of hydrogen-bond donors (Lipinski definition) is 0. The monoisotopic (exact) mass is 378 g/mol. The molecule has 0 amide bonds. The molecule has 0 spiro atoms. The van der Waals surface area contributed by atoms with E-state index in [0.717, 1.165) is 24.1 Å². The van der Waals surface area contributed by atoms with Crippen LogP contribution in [-0.4, -0.2) is 0 Å². The molecule has 0 saturated heterocycles. The number of rotatable bonds is 4. The lowest BCUT2D eigenvalue weighted by Crippen LogP contribution is -3.00. The normalized spacial score (nSPS) is 9.83. The molecule has 2 aromatic carbocycles. The van der Waals surface area contributed by atoms with Gasteiger partial charge in [0.1, 0.15) is 0 Å². The van der Waals surface area contributed by atoms with E-state index in [4.69, 9.17) is 0 Å². The Hall–Kier alpha value is -2.44. The third-order valence-corrected chi connectivity index (χ3v) is 4.05. The van der Waals surface area contributed by atoms with Crippen molar-refractivity contribution in [2.45, 2.75) is 19.9 Å². The van der Waals surface area contributed by atoms with Gasteiger partial charge in [-0.1, -0.05) is 49.4 Å². The largest absolute Gasteiger partial charge is 1.00 e. The molecule has 0 fully saturated rings. The van der Waals surface area contributed by atoms with Gasteiger partial charge in [-0.15, -0.1) is 0 Å². The van der Waals surface area contributed by atoms with E-state index in [0.29, 0.717) is 5.56 Å². The van der Waals surface area contributed by atoms with E-state index >= 15 is 0 Å². The molecular weight excluding hydrogens is 360 g/mol. The van der Waals surface area contributed by atoms with Crippen molar-refractivity contribution in [3.05, 3.63) is 89.7 Å². The first kappa shape index (κ1) is 17.9. The van der Waals surface area contributed by atoms with Crippen LogP contribution in [0.15, 0.2) is 73.1 Å². The molecule has 24 heavy (non-hydrogen) atoms. The Bertz CT molecular complexity index is 831. The molecule has 0 aliphatic heterocycles. The highest BCUT2D eigenvalue weighted by molar-refractivity contribution is 5.70. The topological polar surface area (TPSA) is 27.7 Å². The molecule has 0 radical (unpaired) electrons. The lowest BCUT2D eigenvalue weighted by atomic mass is 9.99. The summed E-state index contributed by atoms with van der Waals surface area (Å²) in [6.45, 7) is 3.02. The van der Waals surface area contributed by atoms with Crippen molar-refractivity contribution in [3.63, 3.8) is 0 Å². The fraction of sp³-hybridized carbons (Fsp3) is 0.143. The van der Waals surface area contributed by atoms with E-state index in [2.05, 4.69) is 66.4 Å². The molecule has 0 aliphatic carbocycles. The molecule has 1 heterocycles. The summed E-state index contributed by atoms with van der Waals surface area (Å²) in [5.74, 6) is 0. The number of halogens is 1. The predicted molar refractivity (Wildman–Crippen MR) is 91.7 cm³/mol. The van der Waals surface area contributed by atoms with Crippen molar-refractivity contribution in [2.75, 3.05) is 0 Å². The Balaban J connectivity index is 0.00000208. The molecule has 0 aliphatic rings. The first-order valence-corrected chi connectivity index (χ1v) is 7.86. The molecule has 3 rings (SSSR count). The fourth-order valence-corrected chi connectivity index (χ4v) is 2.66. The molecule has 0 unspecified atom stereocenters. The minimum atomic E-state index is 0. The number of nitriles is 1. The van der Waals surface area contributed by atoms with Gasteiger partial charge in [0.15, 0.2) is 18.9 Å². The zero-order valence-electron chi connectivity index (χ0n) is 13.6. The lowest BCUT2D eigenvalue weighted by molar-refractivity contribution is -0.688. The minimum Gasteiger partial charge on any atom is -1.00 e. The average Bonchev–Trinajstić information content (AvgIpc) is 2.63. The Morgan fingerprint density at radius 2 is 1.54 bits per heavy atom. The van der Waals surface area contributed by atoms with Gasteiger partial charge < -0.3 is 17.0 Å². The number of aryl methyl sites for hydroxylation is 1. The molecule has 1 aromatic heterocycles. The number of hydrogen-bond acceptors (Lipinski definition) is 1. The van der Waals surface area contributed by atoms with Crippen LogP contribution in [0, 0.1) is 11.3 Å². The van der Waals surface area contributed by atoms with E-state index in [1.807, 2.05) is 24.3 Å². The van der Waals surface area contributed by atoms with Gasteiger partial charge in [-0.3, -0.25) is 0 Å². The second-order valence-electron chi connectivity index (χ2n) is 5.59. The van der Waals surface area contributed by atoms with E-state index in [1.165, 1.54) is 11.1 Å². The van der Waals surface area contributed by atoms with Crippen molar-refractivity contribution in [2.24, 2.45) is 0 Å². The van der Waals surface area contributed by atoms with Gasteiger partial charge in [0, 0.05) is 17.7 Å². The third kappa shape index (κ3) is 4.10. The highest BCUT2D eigenvalue weighted by Gasteiger charge is 2.06. The Morgan fingerprint density at radius 3 is 2.17 bits per heavy atom. The van der Waals surface area contributed by atoms with Gasteiger partial charge in [-0.2, -0.15) is 5.26 Å². The summed E-state index contributed by atoms with van der Waals surface area (Å²) in [5.41, 5.74) is 5.38. The van der Waals surface area contributed by atoms with E-state index in [9.17, 15) is 5.26 Å². The van der Waals surface area contributed by atoms with Crippen molar-refractivity contribution in [1.29, 1.82) is 5.26 Å². The second kappa shape index (κ2) is 8.42. The number of benzene rings is 2. The van der Waals surface area contributed by atoms with E-state index < -0.39 is 0 Å². The SMILES string of the molecule is CCc1cc[n+](Cc2ccc(-c3ccccc3C#N)cc2)cc1.[Br-]. The van der Waals surface area contributed by atoms with Gasteiger partial charge >= 0.3 is 0 Å². The van der Waals surface area contributed by atoms with Crippen LogP contribution in [0.2, 0.25) is 0 Å². The molecule has 0 bridgehead atoms. The maximum Gasteiger partial charge on any atom is 0.173 e. The van der Waals surface area contributed by atoms with Crippen LogP contribution in [0.5, 0.6) is 0 Å². The first-order valence-electron chi connectivity index (χ1n) is 7.86. The maximum atomic E-state index is 9.22. The van der Waals surface area contributed by atoms with Crippen LogP contribution in [0.3, 0.4) is 0 Å². The zero-order chi connectivity index (χ0) is 16.1. The van der Waals surface area contributed by atoms with Gasteiger partial charge in [-0.25, -0.2) is 4.57 Å². The van der Waals surface area contributed by atoms with Crippen molar-refractivity contribution >= 4 is 0 Å². The molecule has 3 aromatic rings. The van der Waals surface area contributed by atoms with Crippen LogP contribution >= 0.6 is 0 Å². The molecule has 2 nitrogen and oxygen atoms in total. The van der Waals surface area contributed by atoms with Gasteiger partial charge in [0.05, 0.1) is 11.6 Å². The minimum absolute atomic E-state index is 0. The van der Waals surface area contributed by atoms with Crippen molar-refractivity contribution in [3.8, 4) is 17.2 Å². The highest BCUT2D eigenvalue weighted by atomic mass is 79.9. The maximum absolute atomic E-state index is 9.22. The average molecular weight is 379 g/mol. The summed E-state index contributed by atoms with van der Waals surface area (Å²) in [5, 5.41) is 9.22. The summed E-state index contributed by atoms with van der Waals surface area (Å²) >= 11 is 0. The smallest absolute Gasteiger partial charge is 0.173 e. The van der Waals surface area contributed by atoms with Gasteiger partial charge in [0.2, 0.25) is 0 Å². The fourth-order valence-electron chi connectivity index (χ4n) is 2.66. The first-order chi connectivity index (χ1) is 11.3. The quantitative estimate of drug-likeness (QED) is 0.625. The number of pyridine rings is 1. The van der Waals surface area contributed by atoms with E-state index in [1.54, 1.807) is 0 Å². The Labute approximate surface area is 153 Å². The molecule has 0 saturated carbocycles. The molecule has 3 heteroatoms. The summed E-state index contributed by atoms with van der Waals surface area (Å²) in [6, 6.07) is 22.7. The van der Waals surface area contributed by atoms with Crippen LogP contribution in [0.1, 0.15) is 23.6 Å². The van der Waals surface area contributed by atoms with Gasteiger partial charge in [-0.05, 0) is 29.2 Å². The van der Waals surface area contributed by atoms with Crippen LogP contribution in [0.25, 0.3) is 11.1 Å². The Kier molecular flexibility index (Phi) is 6.28. The molecular formula is C21H19BrN2. The second-order valence-corrected chi connectivity index (χ2v) is 5.59. The third-order valence-electron chi connectivity index (χ3n) is 4.05. The van der Waals surface area contributed by atoms with Gasteiger partial charge in [0.25, 0.3) is 0 Å². The summed E-state index contributed by atoms with van der Waals surface area (Å²) < 4.78 is 2.18. The summed E-state index contributed by atoms with van der Waals surface area (Å²) in [6.07, 6.45) is 5.31. The molecule has 120 valence electrons. The highest BCUT2D eigenvalue weighted by Crippen LogP contribution is 2.23. The molecule has 0 N–H and O–H groups in total. The summed E-state index contributed by atoms with van der Waals surface area (Å²) in [7, 11) is 0. The van der Waals surface area contributed by atoms with Crippen LogP contribution in [-0.2, 0) is 13.0 Å². The van der Waals surface area contributed by atoms with Crippen molar-refractivity contribution in [1.82, 2.24) is 0 Å². The molecule has 0 atom stereocenters. The standard InChI is InChI=1S/C21H19N2.BrH/c1-2-17-11-13-23(14-12-17)16-18-7-9-19(10-8-18)21-6-4-3-5-20(21)15-22;/h3-14H,2,16H2,1H3;1H/q+1;/p-1. The lowest BCUT2D eigenvalue weighted by Gasteiger charge is -2.05. The predicted octanol–water partition coefficient (Wildman–Crippen LogP) is 1.13. The Morgan fingerprint density at radius 1 is 0.875 bits per heavy atom. The number of aromatic nitrogens is 1. The zero-order valence-corrected chi connectivity index (χ0v) is 15.2. The number of nitrogens with zero attached hydrogens (tertiary/aromatic N) is 2. The van der Waals surface area contributed by atoms with Crippen LogP contribution in [0.4, 0.5) is 0 Å². The van der Waals surface area contributed by atoms with Crippen molar-refractivity contribution < 1.29 is 21.5 Å². The summed E-state index contributed by atoms with van der Waals surface area (Å²) in [4.78, 5) is 0.